The van der Waals surface area contributed by atoms with Crippen molar-refractivity contribution in [1.82, 2.24) is 25.2 Å². The van der Waals surface area contributed by atoms with Crippen molar-refractivity contribution >= 4 is 5.91 Å². The number of benzene rings is 1. The molecule has 0 atom stereocenters. The highest BCUT2D eigenvalue weighted by molar-refractivity contribution is 5.90. The molecule has 3 aromatic rings. The van der Waals surface area contributed by atoms with Crippen LogP contribution in [-0.4, -0.2) is 31.4 Å². The Kier molecular flexibility index (Phi) is 4.58. The zero-order chi connectivity index (χ0) is 18.9. The highest BCUT2D eigenvalue weighted by Crippen LogP contribution is 2.22. The number of carbonyl (C=O) groups excluding carboxylic acids is 1. The van der Waals surface area contributed by atoms with Gasteiger partial charge in [0.05, 0.1) is 16.9 Å². The standard InChI is InChI=1S/C18H20FN5O2/c1-5-18(3,4)21-16(25)17-20-15(23-26-17)14-10-24(22-11(14)2)13-8-6-12(19)7-9-13/h6-10H,5H2,1-4H3,(H,21,25). The van der Waals surface area contributed by atoms with Crippen LogP contribution >= 0.6 is 0 Å². The second-order valence-corrected chi connectivity index (χ2v) is 6.66. The Morgan fingerprint density at radius 2 is 2.00 bits per heavy atom. The third kappa shape index (κ3) is 3.63. The number of amides is 1. The van der Waals surface area contributed by atoms with E-state index in [1.54, 1.807) is 29.9 Å². The summed E-state index contributed by atoms with van der Waals surface area (Å²) < 4.78 is 19.8. The average molecular weight is 357 g/mol. The lowest BCUT2D eigenvalue weighted by Gasteiger charge is -2.23. The third-order valence-corrected chi connectivity index (χ3v) is 4.19. The second-order valence-electron chi connectivity index (χ2n) is 6.66. The lowest BCUT2D eigenvalue weighted by atomic mass is 10.0. The molecule has 1 aromatic carbocycles. The fourth-order valence-corrected chi connectivity index (χ4v) is 2.28. The first kappa shape index (κ1) is 17.8. The van der Waals surface area contributed by atoms with E-state index in [-0.39, 0.29) is 23.1 Å². The molecule has 2 heterocycles. The van der Waals surface area contributed by atoms with Gasteiger partial charge in [-0.25, -0.2) is 9.07 Å². The van der Waals surface area contributed by atoms with Gasteiger partial charge in [-0.15, -0.1) is 0 Å². The summed E-state index contributed by atoms with van der Waals surface area (Å²) in [5.74, 6) is -0.563. The molecule has 0 saturated heterocycles. The van der Waals surface area contributed by atoms with Crippen LogP contribution in [0.2, 0.25) is 0 Å². The maximum absolute atomic E-state index is 13.1. The molecule has 0 aliphatic carbocycles. The highest BCUT2D eigenvalue weighted by atomic mass is 19.1. The van der Waals surface area contributed by atoms with Crippen molar-refractivity contribution in [2.24, 2.45) is 0 Å². The minimum Gasteiger partial charge on any atom is -0.343 e. The Hall–Kier alpha value is -3.03. The van der Waals surface area contributed by atoms with Crippen LogP contribution < -0.4 is 5.32 Å². The van der Waals surface area contributed by atoms with E-state index >= 15 is 0 Å². The predicted molar refractivity (Wildman–Crippen MR) is 93.4 cm³/mol. The zero-order valence-corrected chi connectivity index (χ0v) is 15.1. The van der Waals surface area contributed by atoms with Gasteiger partial charge in [-0.1, -0.05) is 12.1 Å². The maximum atomic E-state index is 13.1. The quantitative estimate of drug-likeness (QED) is 0.757. The molecule has 2 aromatic heterocycles. The van der Waals surface area contributed by atoms with E-state index in [9.17, 15) is 9.18 Å². The number of halogens is 1. The second kappa shape index (κ2) is 6.70. The van der Waals surface area contributed by atoms with Crippen LogP contribution in [0.5, 0.6) is 0 Å². The molecule has 0 fully saturated rings. The van der Waals surface area contributed by atoms with Crippen molar-refractivity contribution in [3.63, 3.8) is 0 Å². The normalized spacial score (nSPS) is 11.6. The maximum Gasteiger partial charge on any atom is 0.316 e. The van der Waals surface area contributed by atoms with Crippen molar-refractivity contribution in [2.75, 3.05) is 0 Å². The number of hydrogen-bond acceptors (Lipinski definition) is 5. The minimum absolute atomic E-state index is 0.101. The number of rotatable bonds is 5. The molecule has 0 bridgehead atoms. The number of aromatic nitrogens is 4. The molecular formula is C18H20FN5O2. The molecule has 26 heavy (non-hydrogen) atoms. The summed E-state index contributed by atoms with van der Waals surface area (Å²) in [7, 11) is 0. The van der Waals surface area contributed by atoms with Crippen molar-refractivity contribution in [3.05, 3.63) is 47.9 Å². The van der Waals surface area contributed by atoms with Crippen LogP contribution in [0.3, 0.4) is 0 Å². The van der Waals surface area contributed by atoms with Crippen molar-refractivity contribution in [1.29, 1.82) is 0 Å². The molecule has 8 heteroatoms. The van der Waals surface area contributed by atoms with Crippen molar-refractivity contribution in [3.8, 4) is 17.1 Å². The Morgan fingerprint density at radius 1 is 1.31 bits per heavy atom. The molecule has 136 valence electrons. The summed E-state index contributed by atoms with van der Waals surface area (Å²) in [5.41, 5.74) is 1.63. The summed E-state index contributed by atoms with van der Waals surface area (Å²) in [5, 5.41) is 11.1. The fourth-order valence-electron chi connectivity index (χ4n) is 2.28. The highest BCUT2D eigenvalue weighted by Gasteiger charge is 2.24. The van der Waals surface area contributed by atoms with Gasteiger partial charge >= 0.3 is 11.8 Å². The molecule has 3 rings (SSSR count). The molecule has 7 nitrogen and oxygen atoms in total. The van der Waals surface area contributed by atoms with Gasteiger partial charge < -0.3 is 9.84 Å². The van der Waals surface area contributed by atoms with Gasteiger partial charge in [-0.05, 0) is 51.5 Å². The monoisotopic (exact) mass is 357 g/mol. The summed E-state index contributed by atoms with van der Waals surface area (Å²) in [6.45, 7) is 7.61. The summed E-state index contributed by atoms with van der Waals surface area (Å²) in [6.07, 6.45) is 2.48. The summed E-state index contributed by atoms with van der Waals surface area (Å²) in [6, 6.07) is 5.96. The number of carbonyl (C=O) groups is 1. The van der Waals surface area contributed by atoms with Gasteiger partial charge in [0.15, 0.2) is 0 Å². The van der Waals surface area contributed by atoms with Crippen LogP contribution in [0.1, 0.15) is 43.6 Å². The van der Waals surface area contributed by atoms with E-state index in [0.717, 1.165) is 6.42 Å². The molecule has 1 amide bonds. The van der Waals surface area contributed by atoms with Crippen molar-refractivity contribution in [2.45, 2.75) is 39.7 Å². The van der Waals surface area contributed by atoms with Crippen LogP contribution in [0.4, 0.5) is 4.39 Å². The smallest absolute Gasteiger partial charge is 0.316 e. The van der Waals surface area contributed by atoms with Gasteiger partial charge in [-0.2, -0.15) is 10.1 Å². The molecule has 0 aliphatic heterocycles. The van der Waals surface area contributed by atoms with E-state index < -0.39 is 5.91 Å². The Morgan fingerprint density at radius 3 is 2.65 bits per heavy atom. The third-order valence-electron chi connectivity index (χ3n) is 4.19. The fraction of sp³-hybridized carbons (Fsp3) is 0.333. The first-order valence-electron chi connectivity index (χ1n) is 8.28. The molecule has 0 spiro atoms. The van der Waals surface area contributed by atoms with E-state index in [2.05, 4.69) is 20.6 Å². The summed E-state index contributed by atoms with van der Waals surface area (Å²) in [4.78, 5) is 16.4. The van der Waals surface area contributed by atoms with Gasteiger partial charge in [0.25, 0.3) is 0 Å². The van der Waals surface area contributed by atoms with Gasteiger partial charge in [0.2, 0.25) is 5.82 Å². The Labute approximate surface area is 150 Å². The topological polar surface area (TPSA) is 85.8 Å². The average Bonchev–Trinajstić information content (AvgIpc) is 3.22. The molecule has 1 N–H and O–H groups in total. The zero-order valence-electron chi connectivity index (χ0n) is 15.1. The lowest BCUT2D eigenvalue weighted by Crippen LogP contribution is -2.42. The molecule has 0 saturated carbocycles. The van der Waals surface area contributed by atoms with E-state index in [0.29, 0.717) is 16.9 Å². The lowest BCUT2D eigenvalue weighted by molar-refractivity contribution is 0.0866. The van der Waals surface area contributed by atoms with Gasteiger partial charge in [0, 0.05) is 11.7 Å². The largest absolute Gasteiger partial charge is 0.343 e. The SMILES string of the molecule is CCC(C)(C)NC(=O)c1nc(-c2cn(-c3ccc(F)cc3)nc2C)no1. The van der Waals surface area contributed by atoms with Gasteiger partial charge in [-0.3, -0.25) is 4.79 Å². The van der Waals surface area contributed by atoms with Crippen LogP contribution in [-0.2, 0) is 0 Å². The first-order chi connectivity index (χ1) is 12.3. The van der Waals surface area contributed by atoms with Crippen LogP contribution in [0, 0.1) is 12.7 Å². The summed E-state index contributed by atoms with van der Waals surface area (Å²) >= 11 is 0. The molecule has 0 aliphatic rings. The Balaban J connectivity index is 1.86. The number of hydrogen-bond donors (Lipinski definition) is 1. The van der Waals surface area contributed by atoms with E-state index in [4.69, 9.17) is 4.52 Å². The molecule has 0 radical (unpaired) electrons. The van der Waals surface area contributed by atoms with E-state index in [1.807, 2.05) is 20.8 Å². The minimum atomic E-state index is -0.417. The first-order valence-corrected chi connectivity index (χ1v) is 8.28. The molecular weight excluding hydrogens is 337 g/mol. The van der Waals surface area contributed by atoms with E-state index in [1.165, 1.54) is 12.1 Å². The number of aryl methyl sites for hydroxylation is 1. The predicted octanol–water partition coefficient (Wildman–Crippen LogP) is 3.29. The number of nitrogens with zero attached hydrogens (tertiary/aromatic N) is 4. The van der Waals surface area contributed by atoms with Crippen LogP contribution in [0.15, 0.2) is 35.0 Å². The Bertz CT molecular complexity index is 927. The van der Waals surface area contributed by atoms with Crippen LogP contribution in [0.25, 0.3) is 17.1 Å². The van der Waals surface area contributed by atoms with Gasteiger partial charge in [0.1, 0.15) is 5.82 Å². The number of nitrogens with one attached hydrogen (secondary N) is 1. The van der Waals surface area contributed by atoms with Crippen molar-refractivity contribution < 1.29 is 13.7 Å². The molecule has 0 unspecified atom stereocenters.